The summed E-state index contributed by atoms with van der Waals surface area (Å²) >= 11 is 0. The third-order valence-electron chi connectivity index (χ3n) is 5.44. The Hall–Kier alpha value is -2.41. The van der Waals surface area contributed by atoms with Crippen LogP contribution in [0.25, 0.3) is 0 Å². The summed E-state index contributed by atoms with van der Waals surface area (Å²) in [6.45, 7) is 6.40. The number of hydrogen-bond acceptors (Lipinski definition) is 4. The van der Waals surface area contributed by atoms with Crippen LogP contribution in [0.4, 0.5) is 0 Å². The molecule has 1 aromatic rings. The van der Waals surface area contributed by atoms with Crippen molar-refractivity contribution < 1.29 is 14.4 Å². The van der Waals surface area contributed by atoms with Crippen molar-refractivity contribution in [2.45, 2.75) is 32.2 Å². The Bertz CT molecular complexity index is 686. The van der Waals surface area contributed by atoms with Crippen LogP contribution in [-0.2, 0) is 14.4 Å². The first-order valence-corrected chi connectivity index (χ1v) is 10.3. The molecule has 0 aromatic heterocycles. The summed E-state index contributed by atoms with van der Waals surface area (Å²) in [5.74, 6) is -1.17. The van der Waals surface area contributed by atoms with Crippen molar-refractivity contribution in [2.75, 3.05) is 45.8 Å². The van der Waals surface area contributed by atoms with E-state index in [1.807, 2.05) is 35.2 Å². The zero-order chi connectivity index (χ0) is 19.9. The minimum atomic E-state index is -0.746. The standard InChI is InChI=1S/C21H30N4O3/c1-2-3-12-24-15-16-25(21(28)20(24)27)18(17-8-5-4-6-9-17)19(26)23-13-7-10-22-11-14-23/h4-6,8-9,18,22H,2-3,7,10-16H2,1H3. The molecule has 7 nitrogen and oxygen atoms in total. The molecule has 28 heavy (non-hydrogen) atoms. The number of carbonyl (C=O) groups is 3. The monoisotopic (exact) mass is 386 g/mol. The molecule has 2 aliphatic rings. The molecule has 2 aliphatic heterocycles. The lowest BCUT2D eigenvalue weighted by Crippen LogP contribution is -2.57. The van der Waals surface area contributed by atoms with Gasteiger partial charge in [0.1, 0.15) is 6.04 Å². The first-order chi connectivity index (χ1) is 13.6. The average Bonchev–Trinajstić information content (AvgIpc) is 3.01. The van der Waals surface area contributed by atoms with E-state index < -0.39 is 17.9 Å². The Morgan fingerprint density at radius 2 is 1.82 bits per heavy atom. The highest BCUT2D eigenvalue weighted by atomic mass is 16.2. The molecule has 0 radical (unpaired) electrons. The van der Waals surface area contributed by atoms with Crippen molar-refractivity contribution in [3.63, 3.8) is 0 Å². The highest BCUT2D eigenvalue weighted by Crippen LogP contribution is 2.26. The van der Waals surface area contributed by atoms with Gasteiger partial charge in [0.15, 0.2) is 0 Å². The lowest BCUT2D eigenvalue weighted by atomic mass is 10.0. The smallest absolute Gasteiger partial charge is 0.313 e. The lowest BCUT2D eigenvalue weighted by molar-refractivity contribution is -0.161. The van der Waals surface area contributed by atoms with Gasteiger partial charge in [0.25, 0.3) is 0 Å². The van der Waals surface area contributed by atoms with Crippen LogP contribution in [0.15, 0.2) is 30.3 Å². The quantitative estimate of drug-likeness (QED) is 0.741. The van der Waals surface area contributed by atoms with Gasteiger partial charge < -0.3 is 20.0 Å². The Labute approximate surface area is 166 Å². The summed E-state index contributed by atoms with van der Waals surface area (Å²) in [7, 11) is 0. The molecule has 1 aromatic carbocycles. The number of amides is 3. The fourth-order valence-corrected chi connectivity index (χ4v) is 3.83. The van der Waals surface area contributed by atoms with Crippen molar-refractivity contribution in [3.05, 3.63) is 35.9 Å². The normalized spacial score (nSPS) is 19.5. The summed E-state index contributed by atoms with van der Waals surface area (Å²) in [4.78, 5) is 43.9. The van der Waals surface area contributed by atoms with Gasteiger partial charge in [0.2, 0.25) is 5.91 Å². The van der Waals surface area contributed by atoms with Gasteiger partial charge in [-0.05, 0) is 24.9 Å². The summed E-state index contributed by atoms with van der Waals surface area (Å²) in [5, 5.41) is 3.30. The minimum absolute atomic E-state index is 0.0990. The molecule has 1 atom stereocenters. The summed E-state index contributed by atoms with van der Waals surface area (Å²) < 4.78 is 0. The van der Waals surface area contributed by atoms with E-state index in [9.17, 15) is 14.4 Å². The topological polar surface area (TPSA) is 73.0 Å². The largest absolute Gasteiger partial charge is 0.339 e. The van der Waals surface area contributed by atoms with Gasteiger partial charge in [-0.25, -0.2) is 0 Å². The van der Waals surface area contributed by atoms with Gasteiger partial charge >= 0.3 is 11.8 Å². The lowest BCUT2D eigenvalue weighted by Gasteiger charge is -2.39. The van der Waals surface area contributed by atoms with E-state index in [1.165, 1.54) is 4.90 Å². The number of nitrogens with zero attached hydrogens (tertiary/aromatic N) is 3. The van der Waals surface area contributed by atoms with E-state index in [4.69, 9.17) is 0 Å². The number of rotatable bonds is 6. The van der Waals surface area contributed by atoms with Crippen LogP contribution in [0.1, 0.15) is 37.8 Å². The number of hydrogen-bond donors (Lipinski definition) is 1. The van der Waals surface area contributed by atoms with Gasteiger partial charge in [0, 0.05) is 39.3 Å². The number of unbranched alkanes of at least 4 members (excludes halogenated alkanes) is 1. The fourth-order valence-electron chi connectivity index (χ4n) is 3.83. The second-order valence-corrected chi connectivity index (χ2v) is 7.39. The van der Waals surface area contributed by atoms with Crippen LogP contribution >= 0.6 is 0 Å². The second-order valence-electron chi connectivity index (χ2n) is 7.39. The van der Waals surface area contributed by atoms with Crippen LogP contribution in [0, 0.1) is 0 Å². The molecule has 2 saturated heterocycles. The van der Waals surface area contributed by atoms with E-state index >= 15 is 0 Å². The van der Waals surface area contributed by atoms with Gasteiger partial charge in [-0.1, -0.05) is 43.7 Å². The predicted molar refractivity (Wildman–Crippen MR) is 106 cm³/mol. The molecule has 152 valence electrons. The average molecular weight is 386 g/mol. The summed E-state index contributed by atoms with van der Waals surface area (Å²) in [6, 6.07) is 8.59. The molecule has 1 unspecified atom stereocenters. The van der Waals surface area contributed by atoms with E-state index in [2.05, 4.69) is 12.2 Å². The SMILES string of the molecule is CCCCN1CCN(C(C(=O)N2CCCNCC2)c2ccccc2)C(=O)C1=O. The third-order valence-corrected chi connectivity index (χ3v) is 5.44. The van der Waals surface area contributed by atoms with Gasteiger partial charge in [-0.3, -0.25) is 14.4 Å². The molecule has 3 amide bonds. The number of benzene rings is 1. The van der Waals surface area contributed by atoms with Gasteiger partial charge in [-0.2, -0.15) is 0 Å². The number of nitrogens with one attached hydrogen (secondary N) is 1. The summed E-state index contributed by atoms with van der Waals surface area (Å²) in [5.41, 5.74) is 0.757. The molecule has 7 heteroatoms. The van der Waals surface area contributed by atoms with Crippen molar-refractivity contribution in [2.24, 2.45) is 0 Å². The fraction of sp³-hybridized carbons (Fsp3) is 0.571. The molecule has 3 rings (SSSR count). The van der Waals surface area contributed by atoms with Crippen molar-refractivity contribution in [3.8, 4) is 0 Å². The Morgan fingerprint density at radius 1 is 1.04 bits per heavy atom. The Kier molecular flexibility index (Phi) is 7.03. The van der Waals surface area contributed by atoms with Gasteiger partial charge in [-0.15, -0.1) is 0 Å². The summed E-state index contributed by atoms with van der Waals surface area (Å²) in [6.07, 6.45) is 2.72. The second kappa shape index (κ2) is 9.68. The van der Waals surface area contributed by atoms with Gasteiger partial charge in [0.05, 0.1) is 0 Å². The predicted octanol–water partition coefficient (Wildman–Crippen LogP) is 1.02. The highest BCUT2D eigenvalue weighted by Gasteiger charge is 2.41. The molecule has 0 spiro atoms. The van der Waals surface area contributed by atoms with E-state index in [0.717, 1.165) is 37.9 Å². The first-order valence-electron chi connectivity index (χ1n) is 10.3. The zero-order valence-corrected chi connectivity index (χ0v) is 16.6. The van der Waals surface area contributed by atoms with Crippen LogP contribution in [-0.4, -0.2) is 78.2 Å². The Morgan fingerprint density at radius 3 is 2.57 bits per heavy atom. The molecule has 0 bridgehead atoms. The molecule has 0 aliphatic carbocycles. The maximum Gasteiger partial charge on any atom is 0.313 e. The molecule has 1 N–H and O–H groups in total. The molecule has 2 heterocycles. The zero-order valence-electron chi connectivity index (χ0n) is 16.6. The van der Waals surface area contributed by atoms with E-state index in [1.54, 1.807) is 4.90 Å². The van der Waals surface area contributed by atoms with Crippen molar-refractivity contribution in [1.29, 1.82) is 0 Å². The molecule has 0 saturated carbocycles. The Balaban J connectivity index is 1.84. The molecule has 2 fully saturated rings. The van der Waals surface area contributed by atoms with Crippen LogP contribution in [0.3, 0.4) is 0 Å². The van der Waals surface area contributed by atoms with Crippen molar-refractivity contribution >= 4 is 17.7 Å². The third kappa shape index (κ3) is 4.52. The maximum absolute atomic E-state index is 13.4. The maximum atomic E-state index is 13.4. The van der Waals surface area contributed by atoms with E-state index in [-0.39, 0.29) is 5.91 Å². The molecular weight excluding hydrogens is 356 g/mol. The first kappa shape index (κ1) is 20.3. The highest BCUT2D eigenvalue weighted by molar-refractivity contribution is 6.35. The van der Waals surface area contributed by atoms with Crippen molar-refractivity contribution in [1.82, 2.24) is 20.0 Å². The number of piperazine rings is 1. The van der Waals surface area contributed by atoms with Crippen LogP contribution < -0.4 is 5.32 Å². The number of carbonyl (C=O) groups excluding carboxylic acids is 3. The van der Waals surface area contributed by atoms with Crippen LogP contribution in [0.5, 0.6) is 0 Å². The minimum Gasteiger partial charge on any atom is -0.339 e. The molecular formula is C21H30N4O3. The van der Waals surface area contributed by atoms with E-state index in [0.29, 0.717) is 32.7 Å². The van der Waals surface area contributed by atoms with Crippen LogP contribution in [0.2, 0.25) is 0 Å².